The second kappa shape index (κ2) is 7.00. The van der Waals surface area contributed by atoms with Gasteiger partial charge in [0.05, 0.1) is 6.42 Å². The fourth-order valence-electron chi connectivity index (χ4n) is 3.40. The average Bonchev–Trinajstić information content (AvgIpc) is 3.30. The van der Waals surface area contributed by atoms with Gasteiger partial charge in [0, 0.05) is 17.6 Å². The van der Waals surface area contributed by atoms with Crippen LogP contribution in [0.3, 0.4) is 0 Å². The number of benzene rings is 2. The first-order chi connectivity index (χ1) is 12.7. The molecular formula is C20H19N3O3. The van der Waals surface area contributed by atoms with Gasteiger partial charge in [0.1, 0.15) is 11.7 Å². The molecule has 1 aliphatic heterocycles. The van der Waals surface area contributed by atoms with Gasteiger partial charge in [-0.25, -0.2) is 0 Å². The third-order valence-electron chi connectivity index (χ3n) is 4.69. The van der Waals surface area contributed by atoms with Gasteiger partial charge < -0.3 is 14.7 Å². The van der Waals surface area contributed by atoms with Gasteiger partial charge in [-0.1, -0.05) is 35.5 Å². The van der Waals surface area contributed by atoms with E-state index in [-0.39, 0.29) is 18.2 Å². The Morgan fingerprint density at radius 3 is 2.73 bits per heavy atom. The number of carbonyl (C=O) groups excluding carboxylic acids is 2. The smallest absolute Gasteiger partial charge is 0.247 e. The van der Waals surface area contributed by atoms with E-state index < -0.39 is 6.04 Å². The number of aromatic nitrogens is 1. The lowest BCUT2D eigenvalue weighted by atomic mass is 10.1. The van der Waals surface area contributed by atoms with Gasteiger partial charge in [0.25, 0.3) is 0 Å². The molecule has 26 heavy (non-hydrogen) atoms. The molecule has 2 aromatic carbocycles. The second-order valence-corrected chi connectivity index (χ2v) is 6.40. The van der Waals surface area contributed by atoms with Crippen molar-refractivity contribution in [2.75, 3.05) is 11.9 Å². The number of likely N-dealkylation sites (tertiary alicyclic amines) is 1. The first kappa shape index (κ1) is 16.3. The topological polar surface area (TPSA) is 75.4 Å². The number of carbonyl (C=O) groups is 2. The molecule has 0 radical (unpaired) electrons. The van der Waals surface area contributed by atoms with Crippen molar-refractivity contribution in [1.29, 1.82) is 0 Å². The highest BCUT2D eigenvalue weighted by molar-refractivity contribution is 5.98. The molecule has 4 rings (SSSR count). The number of nitrogens with zero attached hydrogens (tertiary/aromatic N) is 2. The number of fused-ring (bicyclic) bond motifs is 1. The Morgan fingerprint density at radius 1 is 1.12 bits per heavy atom. The summed E-state index contributed by atoms with van der Waals surface area (Å²) >= 11 is 0. The molecular weight excluding hydrogens is 330 g/mol. The van der Waals surface area contributed by atoms with Gasteiger partial charge in [-0.3, -0.25) is 9.59 Å². The minimum absolute atomic E-state index is 0.102. The van der Waals surface area contributed by atoms with Crippen LogP contribution in [-0.2, 0) is 16.0 Å². The van der Waals surface area contributed by atoms with E-state index in [4.69, 9.17) is 4.52 Å². The van der Waals surface area contributed by atoms with Gasteiger partial charge in [0.15, 0.2) is 5.58 Å². The SMILES string of the molecule is O=C(Nc1ccccc1)[C@@H]1CCCN1C(=O)Cc1noc2ccccc12. The van der Waals surface area contributed by atoms with E-state index in [1.54, 1.807) is 4.90 Å². The number of amides is 2. The first-order valence-electron chi connectivity index (χ1n) is 8.71. The van der Waals surface area contributed by atoms with Crippen molar-refractivity contribution in [3.05, 3.63) is 60.3 Å². The van der Waals surface area contributed by atoms with Gasteiger partial charge in [-0.2, -0.15) is 0 Å². The normalized spacial score (nSPS) is 16.8. The van der Waals surface area contributed by atoms with Gasteiger partial charge in [-0.05, 0) is 37.1 Å². The van der Waals surface area contributed by atoms with Crippen LogP contribution in [-0.4, -0.2) is 34.5 Å². The van der Waals surface area contributed by atoms with Crippen LogP contribution in [0.1, 0.15) is 18.5 Å². The monoisotopic (exact) mass is 349 g/mol. The summed E-state index contributed by atoms with van der Waals surface area (Å²) < 4.78 is 5.27. The fraction of sp³-hybridized carbons (Fsp3) is 0.250. The van der Waals surface area contributed by atoms with Crippen LogP contribution in [0.4, 0.5) is 5.69 Å². The molecule has 1 N–H and O–H groups in total. The van der Waals surface area contributed by atoms with Crippen molar-refractivity contribution in [2.45, 2.75) is 25.3 Å². The first-order valence-corrected chi connectivity index (χ1v) is 8.71. The van der Waals surface area contributed by atoms with Gasteiger partial charge in [-0.15, -0.1) is 0 Å². The lowest BCUT2D eigenvalue weighted by molar-refractivity contribution is -0.136. The molecule has 132 valence electrons. The summed E-state index contributed by atoms with van der Waals surface area (Å²) in [4.78, 5) is 27.0. The summed E-state index contributed by atoms with van der Waals surface area (Å²) in [6.45, 7) is 0.585. The number of para-hydroxylation sites is 2. The van der Waals surface area contributed by atoms with Crippen LogP contribution in [0.15, 0.2) is 59.1 Å². The van der Waals surface area contributed by atoms with E-state index in [0.29, 0.717) is 24.2 Å². The van der Waals surface area contributed by atoms with Crippen LogP contribution in [0.5, 0.6) is 0 Å². The van der Waals surface area contributed by atoms with Crippen molar-refractivity contribution >= 4 is 28.5 Å². The van der Waals surface area contributed by atoms with E-state index in [1.165, 1.54) is 0 Å². The molecule has 1 fully saturated rings. The summed E-state index contributed by atoms with van der Waals surface area (Å²) in [5, 5.41) is 7.75. The summed E-state index contributed by atoms with van der Waals surface area (Å²) in [5.41, 5.74) is 2.01. The predicted molar refractivity (Wildman–Crippen MR) is 97.5 cm³/mol. The molecule has 2 amide bonds. The zero-order valence-electron chi connectivity index (χ0n) is 14.2. The molecule has 0 saturated carbocycles. The molecule has 1 atom stereocenters. The number of hydrogen-bond acceptors (Lipinski definition) is 4. The predicted octanol–water partition coefficient (Wildman–Crippen LogP) is 3.00. The molecule has 6 heteroatoms. The second-order valence-electron chi connectivity index (χ2n) is 6.40. The highest BCUT2D eigenvalue weighted by atomic mass is 16.5. The summed E-state index contributed by atoms with van der Waals surface area (Å²) in [5.74, 6) is -0.248. The lowest BCUT2D eigenvalue weighted by Crippen LogP contribution is -2.43. The zero-order chi connectivity index (χ0) is 17.9. The third kappa shape index (κ3) is 3.18. The average molecular weight is 349 g/mol. The van der Waals surface area contributed by atoms with E-state index in [9.17, 15) is 9.59 Å². The molecule has 1 aromatic heterocycles. The Labute approximate surface area is 150 Å². The van der Waals surface area contributed by atoms with Gasteiger partial charge in [0.2, 0.25) is 11.8 Å². The quantitative estimate of drug-likeness (QED) is 0.786. The maximum atomic E-state index is 12.8. The van der Waals surface area contributed by atoms with Crippen LogP contribution < -0.4 is 5.32 Å². The van der Waals surface area contributed by atoms with Crippen molar-refractivity contribution in [3.63, 3.8) is 0 Å². The van der Waals surface area contributed by atoms with Crippen LogP contribution >= 0.6 is 0 Å². The van der Waals surface area contributed by atoms with Gasteiger partial charge >= 0.3 is 0 Å². The third-order valence-corrected chi connectivity index (χ3v) is 4.69. The molecule has 0 spiro atoms. The van der Waals surface area contributed by atoms with Crippen molar-refractivity contribution in [1.82, 2.24) is 10.1 Å². The number of rotatable bonds is 4. The molecule has 1 aliphatic rings. The largest absolute Gasteiger partial charge is 0.356 e. The summed E-state index contributed by atoms with van der Waals surface area (Å²) in [7, 11) is 0. The fourth-order valence-corrected chi connectivity index (χ4v) is 3.40. The van der Waals surface area contributed by atoms with Crippen molar-refractivity contribution in [2.24, 2.45) is 0 Å². The highest BCUT2D eigenvalue weighted by Gasteiger charge is 2.34. The molecule has 0 unspecified atom stereocenters. The minimum Gasteiger partial charge on any atom is -0.356 e. The maximum Gasteiger partial charge on any atom is 0.247 e. The Balaban J connectivity index is 1.47. The van der Waals surface area contributed by atoms with E-state index >= 15 is 0 Å². The number of nitrogens with one attached hydrogen (secondary N) is 1. The minimum atomic E-state index is -0.444. The Morgan fingerprint density at radius 2 is 1.88 bits per heavy atom. The molecule has 6 nitrogen and oxygen atoms in total. The van der Waals surface area contributed by atoms with Crippen molar-refractivity contribution in [3.8, 4) is 0 Å². The molecule has 2 heterocycles. The van der Waals surface area contributed by atoms with E-state index in [1.807, 2.05) is 54.6 Å². The molecule has 1 saturated heterocycles. The standard InChI is InChI=1S/C20H19N3O3/c24-19(13-16-15-9-4-5-11-18(15)26-22-16)23-12-6-10-17(23)20(25)21-14-7-2-1-3-8-14/h1-5,7-9,11,17H,6,10,12-13H2,(H,21,25)/t17-/m0/s1. The maximum absolute atomic E-state index is 12.8. The Bertz CT molecular complexity index is 936. The molecule has 0 aliphatic carbocycles. The van der Waals surface area contributed by atoms with Crippen LogP contribution in [0.2, 0.25) is 0 Å². The Hall–Kier alpha value is -3.15. The van der Waals surface area contributed by atoms with Crippen LogP contribution in [0, 0.1) is 0 Å². The highest BCUT2D eigenvalue weighted by Crippen LogP contribution is 2.23. The Kier molecular flexibility index (Phi) is 4.39. The number of hydrogen-bond donors (Lipinski definition) is 1. The molecule has 3 aromatic rings. The van der Waals surface area contributed by atoms with Crippen LogP contribution in [0.25, 0.3) is 11.0 Å². The van der Waals surface area contributed by atoms with Crippen molar-refractivity contribution < 1.29 is 14.1 Å². The van der Waals surface area contributed by atoms with E-state index in [0.717, 1.165) is 17.5 Å². The summed E-state index contributed by atoms with van der Waals surface area (Å²) in [6, 6.07) is 16.3. The van der Waals surface area contributed by atoms with E-state index in [2.05, 4.69) is 10.5 Å². The summed E-state index contributed by atoms with van der Waals surface area (Å²) in [6.07, 6.45) is 1.62. The zero-order valence-corrected chi connectivity index (χ0v) is 14.2. The lowest BCUT2D eigenvalue weighted by Gasteiger charge is -2.23. The number of anilines is 1. The molecule has 0 bridgehead atoms.